The Morgan fingerprint density at radius 2 is 1.79 bits per heavy atom. The number of aromatic nitrogens is 7. The highest BCUT2D eigenvalue weighted by atomic mass is 16.5. The van der Waals surface area contributed by atoms with Crippen molar-refractivity contribution in [3.63, 3.8) is 0 Å². The molecule has 0 spiro atoms. The van der Waals surface area contributed by atoms with Gasteiger partial charge in [0.2, 0.25) is 0 Å². The van der Waals surface area contributed by atoms with Crippen LogP contribution in [0.1, 0.15) is 62.3 Å². The van der Waals surface area contributed by atoms with E-state index in [2.05, 4.69) is 27.0 Å². The van der Waals surface area contributed by atoms with Crippen LogP contribution in [0.4, 0.5) is 0 Å². The molecule has 0 amide bonds. The summed E-state index contributed by atoms with van der Waals surface area (Å²) in [5.41, 5.74) is 4.61. The van der Waals surface area contributed by atoms with Gasteiger partial charge >= 0.3 is 5.76 Å². The molecule has 1 N–H and O–H groups in total. The van der Waals surface area contributed by atoms with Crippen molar-refractivity contribution in [3.8, 4) is 40.0 Å². The molecule has 1 saturated carbocycles. The predicted molar refractivity (Wildman–Crippen MR) is 156 cm³/mol. The standard InChI is InChI=1S/C31H31N7O4/c1-3-5-10-25-26(20-12-13-20)30(39)38(29(35-25)28-33-16-21(17-34-28)41-4-2)18-19-11-14-24(32-15-19)22-8-6-7-9-23(22)27-36-31(40)42-37-27/h6-9,11,14-17,20H,3-5,10,12-13,18H2,1-2H3,(H,36,37,40). The Labute approximate surface area is 241 Å². The van der Waals surface area contributed by atoms with E-state index in [0.717, 1.165) is 54.5 Å². The molecule has 1 aromatic carbocycles. The normalized spacial score (nSPS) is 12.9. The Morgan fingerprint density at radius 1 is 1.00 bits per heavy atom. The average molecular weight is 566 g/mol. The molecule has 5 aromatic rings. The Morgan fingerprint density at radius 3 is 2.43 bits per heavy atom. The number of H-pyrrole nitrogens is 1. The zero-order valence-corrected chi connectivity index (χ0v) is 23.5. The summed E-state index contributed by atoms with van der Waals surface area (Å²) in [6.07, 6.45) is 9.68. The van der Waals surface area contributed by atoms with E-state index in [1.807, 2.05) is 43.3 Å². The molecule has 1 aliphatic rings. The van der Waals surface area contributed by atoms with Crippen molar-refractivity contribution in [2.75, 3.05) is 6.61 Å². The van der Waals surface area contributed by atoms with Crippen molar-refractivity contribution in [2.24, 2.45) is 0 Å². The Kier molecular flexibility index (Phi) is 7.72. The van der Waals surface area contributed by atoms with Crippen molar-refractivity contribution < 1.29 is 9.26 Å². The lowest BCUT2D eigenvalue weighted by Crippen LogP contribution is -2.29. The highest BCUT2D eigenvalue weighted by Crippen LogP contribution is 2.40. The fourth-order valence-corrected chi connectivity index (χ4v) is 5.04. The van der Waals surface area contributed by atoms with Gasteiger partial charge in [-0.25, -0.2) is 19.7 Å². The van der Waals surface area contributed by atoms with Gasteiger partial charge in [-0.2, -0.15) is 0 Å². The van der Waals surface area contributed by atoms with Gasteiger partial charge < -0.3 is 4.74 Å². The van der Waals surface area contributed by atoms with Gasteiger partial charge in [-0.05, 0) is 50.2 Å². The first kappa shape index (κ1) is 27.3. The first-order chi connectivity index (χ1) is 20.6. The molecule has 42 heavy (non-hydrogen) atoms. The molecular weight excluding hydrogens is 534 g/mol. The fraction of sp³-hybridized carbons (Fsp3) is 0.323. The number of unbranched alkanes of at least 4 members (excludes halogenated alkanes) is 1. The molecule has 0 bridgehead atoms. The third kappa shape index (κ3) is 5.63. The van der Waals surface area contributed by atoms with Crippen LogP contribution >= 0.6 is 0 Å². The molecule has 4 aromatic heterocycles. The lowest BCUT2D eigenvalue weighted by atomic mass is 10.0. The first-order valence-electron chi connectivity index (χ1n) is 14.2. The lowest BCUT2D eigenvalue weighted by Gasteiger charge is -2.17. The van der Waals surface area contributed by atoms with E-state index in [4.69, 9.17) is 19.2 Å². The number of nitrogens with one attached hydrogen (secondary N) is 1. The fourth-order valence-electron chi connectivity index (χ4n) is 5.04. The van der Waals surface area contributed by atoms with E-state index in [-0.39, 0.29) is 18.0 Å². The molecule has 4 heterocycles. The number of aryl methyl sites for hydroxylation is 1. The first-order valence-corrected chi connectivity index (χ1v) is 14.2. The third-order valence-corrected chi connectivity index (χ3v) is 7.24. The van der Waals surface area contributed by atoms with Gasteiger partial charge in [0, 0.05) is 22.9 Å². The summed E-state index contributed by atoms with van der Waals surface area (Å²) >= 11 is 0. The molecule has 0 atom stereocenters. The smallest absolute Gasteiger partial charge is 0.439 e. The minimum absolute atomic E-state index is 0.0458. The molecule has 0 radical (unpaired) electrons. The van der Waals surface area contributed by atoms with E-state index in [0.29, 0.717) is 41.1 Å². The van der Waals surface area contributed by atoms with E-state index in [1.54, 1.807) is 23.2 Å². The largest absolute Gasteiger partial charge is 0.491 e. The van der Waals surface area contributed by atoms with E-state index in [1.165, 1.54) is 0 Å². The van der Waals surface area contributed by atoms with Crippen LogP contribution < -0.4 is 16.1 Å². The van der Waals surface area contributed by atoms with E-state index < -0.39 is 5.76 Å². The van der Waals surface area contributed by atoms with Crippen LogP contribution in [0.25, 0.3) is 34.3 Å². The highest BCUT2D eigenvalue weighted by molar-refractivity contribution is 5.78. The second-order valence-corrected chi connectivity index (χ2v) is 10.3. The molecule has 0 saturated heterocycles. The molecule has 214 valence electrons. The van der Waals surface area contributed by atoms with Gasteiger partial charge in [0.15, 0.2) is 23.2 Å². The number of ether oxygens (including phenoxy) is 1. The molecular formula is C31H31N7O4. The van der Waals surface area contributed by atoms with E-state index in [9.17, 15) is 9.59 Å². The number of nitrogens with zero attached hydrogens (tertiary/aromatic N) is 6. The minimum Gasteiger partial charge on any atom is -0.491 e. The number of pyridine rings is 1. The summed E-state index contributed by atoms with van der Waals surface area (Å²) in [4.78, 5) is 46.9. The van der Waals surface area contributed by atoms with Crippen LogP contribution in [0.5, 0.6) is 5.75 Å². The third-order valence-electron chi connectivity index (χ3n) is 7.24. The van der Waals surface area contributed by atoms with Crippen molar-refractivity contribution in [3.05, 3.63) is 92.7 Å². The Bertz CT molecular complexity index is 1800. The van der Waals surface area contributed by atoms with Crippen molar-refractivity contribution in [1.82, 2.24) is 34.6 Å². The van der Waals surface area contributed by atoms with Crippen LogP contribution in [0.2, 0.25) is 0 Å². The molecule has 1 aliphatic carbocycles. The topological polar surface area (TPSA) is 142 Å². The highest BCUT2D eigenvalue weighted by Gasteiger charge is 2.32. The molecule has 0 aliphatic heterocycles. The van der Waals surface area contributed by atoms with Crippen LogP contribution in [0.3, 0.4) is 0 Å². The van der Waals surface area contributed by atoms with Gasteiger partial charge in [-0.3, -0.25) is 23.9 Å². The number of hydrogen-bond acceptors (Lipinski definition) is 9. The summed E-state index contributed by atoms with van der Waals surface area (Å²) in [6, 6.07) is 11.3. The molecule has 11 heteroatoms. The summed E-state index contributed by atoms with van der Waals surface area (Å²) in [5, 5.41) is 3.83. The molecule has 1 fully saturated rings. The maximum Gasteiger partial charge on any atom is 0.439 e. The van der Waals surface area contributed by atoms with Gasteiger partial charge in [-0.1, -0.05) is 48.8 Å². The van der Waals surface area contributed by atoms with Gasteiger partial charge in [0.25, 0.3) is 5.56 Å². The average Bonchev–Trinajstić information content (AvgIpc) is 3.76. The van der Waals surface area contributed by atoms with Gasteiger partial charge in [0.05, 0.1) is 36.9 Å². The van der Waals surface area contributed by atoms with Crippen LogP contribution in [-0.2, 0) is 13.0 Å². The lowest BCUT2D eigenvalue weighted by molar-refractivity contribution is 0.337. The monoisotopic (exact) mass is 565 g/mol. The van der Waals surface area contributed by atoms with Crippen LogP contribution in [0, 0.1) is 0 Å². The van der Waals surface area contributed by atoms with Gasteiger partial charge in [-0.15, -0.1) is 0 Å². The zero-order chi connectivity index (χ0) is 29.1. The van der Waals surface area contributed by atoms with E-state index >= 15 is 0 Å². The Hall–Kier alpha value is -4.93. The summed E-state index contributed by atoms with van der Waals surface area (Å²) < 4.78 is 11.9. The second kappa shape index (κ2) is 11.9. The maximum atomic E-state index is 14.1. The molecule has 0 unspecified atom stereocenters. The van der Waals surface area contributed by atoms with Crippen molar-refractivity contribution in [2.45, 2.75) is 58.4 Å². The van der Waals surface area contributed by atoms with Crippen LogP contribution in [-0.4, -0.2) is 41.3 Å². The van der Waals surface area contributed by atoms with Crippen LogP contribution in [0.15, 0.2) is 69.1 Å². The predicted octanol–water partition coefficient (Wildman–Crippen LogP) is 4.77. The Balaban J connectivity index is 1.39. The maximum absolute atomic E-state index is 14.1. The number of benzene rings is 1. The number of hydrogen-bond donors (Lipinski definition) is 1. The molecule has 11 nitrogen and oxygen atoms in total. The number of aromatic amines is 1. The van der Waals surface area contributed by atoms with Crippen molar-refractivity contribution in [1.29, 1.82) is 0 Å². The van der Waals surface area contributed by atoms with Crippen molar-refractivity contribution >= 4 is 0 Å². The van der Waals surface area contributed by atoms with Gasteiger partial charge in [0.1, 0.15) is 0 Å². The second-order valence-electron chi connectivity index (χ2n) is 10.3. The quantitative estimate of drug-likeness (QED) is 0.240. The minimum atomic E-state index is -0.624. The summed E-state index contributed by atoms with van der Waals surface area (Å²) in [7, 11) is 0. The molecule has 6 rings (SSSR count). The SMILES string of the molecule is CCCCc1nc(-c2ncc(OCC)cn2)n(Cc2ccc(-c3ccccc3-c3noc(=O)[nH]3)nc2)c(=O)c1C1CC1. The number of rotatable bonds is 11. The summed E-state index contributed by atoms with van der Waals surface area (Å²) in [6.45, 7) is 4.80. The zero-order valence-electron chi connectivity index (χ0n) is 23.5. The summed E-state index contributed by atoms with van der Waals surface area (Å²) in [5.74, 6) is 1.32.